The molecule has 0 amide bonds. The van der Waals surface area contributed by atoms with Gasteiger partial charge in [-0.15, -0.1) is 0 Å². The van der Waals surface area contributed by atoms with Gasteiger partial charge in [0.25, 0.3) is 18.4 Å². The molecule has 2 aromatic rings. The summed E-state index contributed by atoms with van der Waals surface area (Å²) in [5.41, 5.74) is 0.823. The predicted molar refractivity (Wildman–Crippen MR) is 82.2 cm³/mol. The molecular formula is C14H13N2O8P. The Morgan fingerprint density at radius 3 is 1.80 bits per heavy atom. The summed E-state index contributed by atoms with van der Waals surface area (Å²) in [6.45, 7) is -0.450. The van der Waals surface area contributed by atoms with Crippen molar-refractivity contribution in [1.29, 1.82) is 0 Å². The Hall–Kier alpha value is -2.65. The van der Waals surface area contributed by atoms with E-state index in [-0.39, 0.29) is 16.3 Å². The average Bonchev–Trinajstić information content (AvgIpc) is 2.55. The maximum absolute atomic E-state index is 10.9. The molecule has 0 fully saturated rings. The number of hydrogen-bond donors (Lipinski definition) is 2. The first-order chi connectivity index (χ1) is 11.7. The highest BCUT2D eigenvalue weighted by Crippen LogP contribution is 2.35. The largest absolute Gasteiger partial charge is 0.756 e. The Balaban J connectivity index is 2.36. The first kappa shape index (κ1) is 18.7. The van der Waals surface area contributed by atoms with Gasteiger partial charge in [-0.25, -0.2) is 5.21 Å². The first-order valence-electron chi connectivity index (χ1n) is 6.86. The van der Waals surface area contributed by atoms with E-state index in [0.29, 0.717) is 11.1 Å². The van der Waals surface area contributed by atoms with Crippen LogP contribution < -0.4 is 4.89 Å². The van der Waals surface area contributed by atoms with Crippen molar-refractivity contribution in [3.8, 4) is 0 Å². The Morgan fingerprint density at radius 2 is 1.44 bits per heavy atom. The molecule has 0 spiro atoms. The Morgan fingerprint density at radius 1 is 1.00 bits per heavy atom. The van der Waals surface area contributed by atoms with Gasteiger partial charge in [0.05, 0.1) is 16.4 Å². The summed E-state index contributed by atoms with van der Waals surface area (Å²) in [4.78, 5) is 40.3. The van der Waals surface area contributed by atoms with Crippen molar-refractivity contribution < 1.29 is 33.9 Å². The maximum Gasteiger partial charge on any atom is 0.316 e. The number of non-ortho nitro benzene ring substituents is 1. The van der Waals surface area contributed by atoms with Gasteiger partial charge in [0.1, 0.15) is 0 Å². The molecule has 0 aliphatic carbocycles. The van der Waals surface area contributed by atoms with Crippen LogP contribution >= 0.6 is 7.82 Å². The molecule has 2 rings (SSSR count). The number of rotatable bonds is 7. The molecule has 2 N–H and O–H groups in total. The van der Waals surface area contributed by atoms with E-state index in [9.17, 15) is 24.5 Å². The van der Waals surface area contributed by atoms with Gasteiger partial charge in [-0.3, -0.25) is 14.7 Å². The van der Waals surface area contributed by atoms with Crippen molar-refractivity contribution in [2.45, 2.75) is 5.92 Å². The molecule has 10 nitrogen and oxygen atoms in total. The van der Waals surface area contributed by atoms with Crippen molar-refractivity contribution >= 4 is 19.2 Å². The number of nitro groups is 1. The lowest BCUT2D eigenvalue weighted by Gasteiger charge is -2.22. The molecule has 0 heterocycles. The summed E-state index contributed by atoms with van der Waals surface area (Å²) in [7, 11) is -4.97. The van der Waals surface area contributed by atoms with Gasteiger partial charge in [-0.1, -0.05) is 24.3 Å². The topological polar surface area (TPSA) is 153 Å². The minimum Gasteiger partial charge on any atom is -0.756 e. The normalized spacial score (nSPS) is 14.5. The van der Waals surface area contributed by atoms with Crippen LogP contribution in [0.2, 0.25) is 0 Å². The monoisotopic (exact) mass is 368 g/mol. The van der Waals surface area contributed by atoms with Crippen molar-refractivity contribution in [1.82, 2.24) is 0 Å². The van der Waals surface area contributed by atoms with Crippen molar-refractivity contribution in [2.75, 3.05) is 6.61 Å². The lowest BCUT2D eigenvalue weighted by molar-refractivity contribution is -0.729. The summed E-state index contributed by atoms with van der Waals surface area (Å²) in [6, 6.07) is 10.9. The molecule has 0 bridgehead atoms. The molecule has 25 heavy (non-hydrogen) atoms. The number of phosphoric acid groups is 1. The standard InChI is InChI=1S/C14H13N2O8P/c17-15(18)12-5-1-10(2-6-12)14(9-24-25(21,22)23)11-3-7-13(8-4-11)16(19)20/h1-8,14H,9H2,(H2-,17,18,21,22,23). The second kappa shape index (κ2) is 7.49. The van der Waals surface area contributed by atoms with Crippen LogP contribution in [-0.2, 0) is 9.09 Å². The Bertz CT molecular complexity index is 758. The third-order valence-corrected chi connectivity index (χ3v) is 3.90. The fraction of sp³-hybridized carbons (Fsp3) is 0.143. The van der Waals surface area contributed by atoms with Crippen LogP contribution in [0.25, 0.3) is 0 Å². The smallest absolute Gasteiger partial charge is 0.316 e. The molecule has 2 unspecified atom stereocenters. The second-order valence-corrected chi connectivity index (χ2v) is 6.23. The van der Waals surface area contributed by atoms with Crippen LogP contribution in [0.4, 0.5) is 11.4 Å². The van der Waals surface area contributed by atoms with Gasteiger partial charge in [-0.05, 0) is 11.1 Å². The van der Waals surface area contributed by atoms with Gasteiger partial charge in [-0.2, -0.15) is 0 Å². The van der Waals surface area contributed by atoms with Crippen molar-refractivity contribution in [2.24, 2.45) is 0 Å². The van der Waals surface area contributed by atoms with E-state index in [0.717, 1.165) is 0 Å². The Labute approximate surface area is 141 Å². The van der Waals surface area contributed by atoms with E-state index < -0.39 is 25.3 Å². The zero-order valence-electron chi connectivity index (χ0n) is 12.6. The fourth-order valence-corrected chi connectivity index (χ4v) is 2.55. The zero-order chi connectivity index (χ0) is 18.6. The summed E-state index contributed by atoms with van der Waals surface area (Å²) < 4.78 is 15.3. The summed E-state index contributed by atoms with van der Waals surface area (Å²) in [6.07, 6.45) is 0. The van der Waals surface area contributed by atoms with Crippen molar-refractivity contribution in [3.63, 3.8) is 0 Å². The van der Waals surface area contributed by atoms with Crippen LogP contribution in [0.15, 0.2) is 48.5 Å². The molecule has 132 valence electrons. The van der Waals surface area contributed by atoms with Gasteiger partial charge >= 0.3 is 5.69 Å². The van der Waals surface area contributed by atoms with E-state index in [4.69, 9.17) is 10.1 Å². The molecule has 0 aliphatic rings. The number of nitro benzene ring substituents is 1. The van der Waals surface area contributed by atoms with Crippen molar-refractivity contribution in [3.05, 3.63) is 74.7 Å². The molecular weight excluding hydrogens is 355 g/mol. The van der Waals surface area contributed by atoms with Crippen LogP contribution in [-0.4, -0.2) is 26.6 Å². The lowest BCUT2D eigenvalue weighted by Crippen LogP contribution is -2.12. The van der Waals surface area contributed by atoms with E-state index in [1.54, 1.807) is 0 Å². The van der Waals surface area contributed by atoms with Crippen LogP contribution in [0.1, 0.15) is 17.0 Å². The molecule has 0 saturated carbocycles. The minimum atomic E-state index is -4.97. The minimum absolute atomic E-state index is 0.0382. The quantitative estimate of drug-likeness (QED) is 0.427. The fourth-order valence-electron chi connectivity index (χ4n) is 2.22. The average molecular weight is 368 g/mol. The lowest BCUT2D eigenvalue weighted by atomic mass is 9.92. The maximum atomic E-state index is 10.9. The molecule has 2 atom stereocenters. The number of phosphoric ester groups is 1. The molecule has 0 saturated heterocycles. The van der Waals surface area contributed by atoms with Gasteiger partial charge in [0.15, 0.2) is 0 Å². The third-order valence-electron chi connectivity index (χ3n) is 3.43. The van der Waals surface area contributed by atoms with Crippen LogP contribution in [0.3, 0.4) is 0 Å². The predicted octanol–water partition coefficient (Wildman–Crippen LogP) is 2.00. The van der Waals surface area contributed by atoms with E-state index in [1.807, 2.05) is 0 Å². The zero-order valence-corrected chi connectivity index (χ0v) is 13.5. The Kier molecular flexibility index (Phi) is 5.60. The van der Waals surface area contributed by atoms with Gasteiger partial charge in [0, 0.05) is 30.2 Å². The summed E-state index contributed by atoms with van der Waals surface area (Å²) >= 11 is 0. The SMILES string of the molecule is O=[N+]([O-])c1ccc(C(COP(=O)([O-])O)c2ccc([N+](=O)O)cc2)cc1. The molecule has 0 aromatic heterocycles. The van der Waals surface area contributed by atoms with E-state index in [1.165, 1.54) is 48.5 Å². The second-order valence-electron chi connectivity index (χ2n) is 5.03. The van der Waals surface area contributed by atoms with Crippen LogP contribution in [0, 0.1) is 15.0 Å². The first-order valence-corrected chi connectivity index (χ1v) is 8.36. The molecule has 2 aromatic carbocycles. The highest BCUT2D eigenvalue weighted by molar-refractivity contribution is 7.44. The highest BCUT2D eigenvalue weighted by Gasteiger charge is 2.20. The van der Waals surface area contributed by atoms with Gasteiger partial charge < -0.3 is 14.3 Å². The third kappa shape index (κ3) is 5.16. The molecule has 11 heteroatoms. The number of nitrogens with zero attached hydrogens (tertiary/aromatic N) is 2. The number of benzene rings is 2. The van der Waals surface area contributed by atoms with Crippen LogP contribution in [0.5, 0.6) is 0 Å². The number of hydrogen-bond acceptors (Lipinski definition) is 6. The highest BCUT2D eigenvalue weighted by atomic mass is 31.2. The van der Waals surface area contributed by atoms with Gasteiger partial charge in [0.2, 0.25) is 0 Å². The molecule has 0 aliphatic heterocycles. The van der Waals surface area contributed by atoms with E-state index in [2.05, 4.69) is 4.52 Å². The molecule has 0 radical (unpaired) electrons. The summed E-state index contributed by atoms with van der Waals surface area (Å²) in [5, 5.41) is 19.6. The summed E-state index contributed by atoms with van der Waals surface area (Å²) in [5.74, 6) is -0.692. The van der Waals surface area contributed by atoms with E-state index >= 15 is 0 Å².